The molecule has 2 aliphatic rings. The molecule has 0 fully saturated rings. The zero-order chi connectivity index (χ0) is 15.0. The first-order chi connectivity index (χ1) is 9.94. The average Bonchev–Trinajstić information content (AvgIpc) is 2.82. The van der Waals surface area contributed by atoms with Crippen LogP contribution in [0.15, 0.2) is 12.1 Å². The Balaban J connectivity index is 1.84. The zero-order valence-electron chi connectivity index (χ0n) is 13.2. The maximum absolute atomic E-state index is 6.12. The van der Waals surface area contributed by atoms with Crippen LogP contribution >= 0.6 is 0 Å². The number of ether oxygens (including phenoxy) is 3. The third kappa shape index (κ3) is 3.09. The van der Waals surface area contributed by atoms with Gasteiger partial charge in [-0.2, -0.15) is 0 Å². The van der Waals surface area contributed by atoms with Gasteiger partial charge in [0.1, 0.15) is 11.4 Å². The lowest BCUT2D eigenvalue weighted by Crippen LogP contribution is -2.41. The predicted octanol–water partition coefficient (Wildman–Crippen LogP) is 2.17. The highest BCUT2D eigenvalue weighted by Gasteiger charge is 2.35. The number of hydrogen-bond donors (Lipinski definition) is 1. The van der Waals surface area contributed by atoms with Crippen molar-refractivity contribution in [1.82, 2.24) is 10.2 Å². The van der Waals surface area contributed by atoms with Crippen molar-refractivity contribution in [3.63, 3.8) is 0 Å². The van der Waals surface area contributed by atoms with Crippen LogP contribution in [0.4, 0.5) is 0 Å². The van der Waals surface area contributed by atoms with Gasteiger partial charge in [-0.05, 0) is 34.0 Å². The first-order valence-electron chi connectivity index (χ1n) is 7.45. The van der Waals surface area contributed by atoms with E-state index in [1.165, 1.54) is 0 Å². The molecule has 1 N–H and O–H groups in total. The molecule has 21 heavy (non-hydrogen) atoms. The average molecular weight is 292 g/mol. The Morgan fingerprint density at radius 3 is 2.62 bits per heavy atom. The number of likely N-dealkylation sites (N-methyl/N-ethyl adjacent to an activating group) is 1. The summed E-state index contributed by atoms with van der Waals surface area (Å²) in [6, 6.07) is 4.29. The van der Waals surface area contributed by atoms with Crippen molar-refractivity contribution in [3.8, 4) is 17.2 Å². The fourth-order valence-electron chi connectivity index (χ4n) is 2.89. The van der Waals surface area contributed by atoms with Crippen molar-refractivity contribution < 1.29 is 14.2 Å². The molecule has 1 atom stereocenters. The summed E-state index contributed by atoms with van der Waals surface area (Å²) in [5.74, 6) is 2.49. The maximum Gasteiger partial charge on any atom is 0.231 e. The number of nitrogens with one attached hydrogen (secondary N) is 1. The molecule has 3 rings (SSSR count). The molecular weight excluding hydrogens is 268 g/mol. The second kappa shape index (κ2) is 5.39. The van der Waals surface area contributed by atoms with Gasteiger partial charge in [0.05, 0.1) is 0 Å². The molecule has 1 unspecified atom stereocenters. The van der Waals surface area contributed by atoms with E-state index in [1.54, 1.807) is 0 Å². The van der Waals surface area contributed by atoms with Gasteiger partial charge in [0, 0.05) is 37.2 Å². The van der Waals surface area contributed by atoms with Crippen LogP contribution in [-0.4, -0.2) is 44.5 Å². The van der Waals surface area contributed by atoms with E-state index < -0.39 is 0 Å². The van der Waals surface area contributed by atoms with Gasteiger partial charge < -0.3 is 24.4 Å². The summed E-state index contributed by atoms with van der Waals surface area (Å²) in [7, 11) is 4.17. The Labute approximate surface area is 126 Å². The van der Waals surface area contributed by atoms with Gasteiger partial charge in [-0.25, -0.2) is 0 Å². The van der Waals surface area contributed by atoms with Crippen LogP contribution in [0.5, 0.6) is 17.2 Å². The first-order valence-corrected chi connectivity index (χ1v) is 7.45. The summed E-state index contributed by atoms with van der Waals surface area (Å²) >= 11 is 0. The minimum atomic E-state index is -0.184. The third-order valence-electron chi connectivity index (χ3n) is 3.91. The first kappa shape index (κ1) is 14.5. The van der Waals surface area contributed by atoms with Crippen molar-refractivity contribution in [2.45, 2.75) is 31.9 Å². The van der Waals surface area contributed by atoms with Crippen LogP contribution in [0.25, 0.3) is 0 Å². The topological polar surface area (TPSA) is 43.0 Å². The van der Waals surface area contributed by atoms with Crippen LogP contribution in [0, 0.1) is 0 Å². The van der Waals surface area contributed by atoms with Crippen LogP contribution in [0.3, 0.4) is 0 Å². The summed E-state index contributed by atoms with van der Waals surface area (Å²) in [4.78, 5) is 2.18. The van der Waals surface area contributed by atoms with Gasteiger partial charge in [0.25, 0.3) is 0 Å². The largest absolute Gasteiger partial charge is 0.487 e. The van der Waals surface area contributed by atoms with Crippen LogP contribution in [0.1, 0.15) is 31.9 Å². The smallest absolute Gasteiger partial charge is 0.231 e. The molecule has 2 aliphatic heterocycles. The summed E-state index contributed by atoms with van der Waals surface area (Å²) < 4.78 is 17.1. The number of hydrogen-bond acceptors (Lipinski definition) is 5. The van der Waals surface area contributed by atoms with Crippen molar-refractivity contribution in [1.29, 1.82) is 0 Å². The fraction of sp³-hybridized carbons (Fsp3) is 0.625. The Bertz CT molecular complexity index is 528. The van der Waals surface area contributed by atoms with Gasteiger partial charge in [-0.15, -0.1) is 0 Å². The lowest BCUT2D eigenvalue weighted by Gasteiger charge is -2.38. The molecule has 5 heteroatoms. The molecule has 0 saturated carbocycles. The lowest BCUT2D eigenvalue weighted by atomic mass is 9.89. The Kier molecular flexibility index (Phi) is 3.71. The molecule has 1 aromatic rings. The number of rotatable bonds is 4. The second-order valence-electron chi connectivity index (χ2n) is 6.62. The van der Waals surface area contributed by atoms with Crippen molar-refractivity contribution in [2.75, 3.05) is 34.0 Å². The molecule has 0 aromatic heterocycles. The maximum atomic E-state index is 6.12. The number of nitrogens with zero attached hydrogens (tertiary/aromatic N) is 1. The molecule has 0 amide bonds. The van der Waals surface area contributed by atoms with E-state index in [-0.39, 0.29) is 11.6 Å². The Morgan fingerprint density at radius 1 is 1.19 bits per heavy atom. The van der Waals surface area contributed by atoms with E-state index >= 15 is 0 Å². The van der Waals surface area contributed by atoms with E-state index in [4.69, 9.17) is 14.2 Å². The summed E-state index contributed by atoms with van der Waals surface area (Å²) in [5, 5.41) is 3.64. The van der Waals surface area contributed by atoms with E-state index in [1.807, 2.05) is 6.07 Å². The van der Waals surface area contributed by atoms with E-state index in [2.05, 4.69) is 44.2 Å². The standard InChI is InChI=1S/C16H24N2O3/c1-16(2)9-12(17-5-6-18(3)4)11-7-14-15(20-10-19-14)8-13(11)21-16/h7-8,12,17H,5-6,9-10H2,1-4H3. The summed E-state index contributed by atoms with van der Waals surface area (Å²) in [6.45, 7) is 6.50. The highest BCUT2D eigenvalue weighted by molar-refractivity contribution is 5.54. The lowest BCUT2D eigenvalue weighted by molar-refractivity contribution is 0.0656. The number of fused-ring (bicyclic) bond motifs is 2. The van der Waals surface area contributed by atoms with Gasteiger partial charge >= 0.3 is 0 Å². The predicted molar refractivity (Wildman–Crippen MR) is 81.2 cm³/mol. The molecule has 0 radical (unpaired) electrons. The molecule has 2 heterocycles. The fourth-order valence-corrected chi connectivity index (χ4v) is 2.89. The van der Waals surface area contributed by atoms with Crippen LogP contribution in [0.2, 0.25) is 0 Å². The molecule has 0 aliphatic carbocycles. The van der Waals surface area contributed by atoms with Gasteiger partial charge in [-0.1, -0.05) is 0 Å². The van der Waals surface area contributed by atoms with Gasteiger partial charge in [0.15, 0.2) is 11.5 Å². The monoisotopic (exact) mass is 292 g/mol. The normalized spacial score (nSPS) is 22.0. The molecule has 0 saturated heterocycles. The Hall–Kier alpha value is -1.46. The van der Waals surface area contributed by atoms with E-state index in [0.29, 0.717) is 6.79 Å². The number of benzene rings is 1. The zero-order valence-corrected chi connectivity index (χ0v) is 13.2. The van der Waals surface area contributed by atoms with Gasteiger partial charge in [0.2, 0.25) is 6.79 Å². The minimum Gasteiger partial charge on any atom is -0.487 e. The third-order valence-corrected chi connectivity index (χ3v) is 3.91. The highest BCUT2D eigenvalue weighted by Crippen LogP contribution is 2.46. The van der Waals surface area contributed by atoms with Crippen LogP contribution < -0.4 is 19.5 Å². The minimum absolute atomic E-state index is 0.184. The Morgan fingerprint density at radius 2 is 1.90 bits per heavy atom. The SMILES string of the molecule is CN(C)CCNC1CC(C)(C)Oc2cc3c(cc21)OCO3. The van der Waals surface area contributed by atoms with E-state index in [0.717, 1.165) is 42.3 Å². The quantitative estimate of drug-likeness (QED) is 0.921. The van der Waals surface area contributed by atoms with Crippen molar-refractivity contribution in [2.24, 2.45) is 0 Å². The highest BCUT2D eigenvalue weighted by atomic mass is 16.7. The molecule has 0 bridgehead atoms. The van der Waals surface area contributed by atoms with Crippen LogP contribution in [-0.2, 0) is 0 Å². The molecule has 1 aromatic carbocycles. The van der Waals surface area contributed by atoms with Crippen molar-refractivity contribution in [3.05, 3.63) is 17.7 Å². The summed E-state index contributed by atoms with van der Waals surface area (Å²) in [5.41, 5.74) is 0.980. The van der Waals surface area contributed by atoms with E-state index in [9.17, 15) is 0 Å². The summed E-state index contributed by atoms with van der Waals surface area (Å²) in [6.07, 6.45) is 0.938. The second-order valence-corrected chi connectivity index (χ2v) is 6.62. The molecule has 0 spiro atoms. The van der Waals surface area contributed by atoms with Gasteiger partial charge in [-0.3, -0.25) is 0 Å². The molecule has 5 nitrogen and oxygen atoms in total. The molecule has 116 valence electrons. The molecular formula is C16H24N2O3. The van der Waals surface area contributed by atoms with Crippen molar-refractivity contribution >= 4 is 0 Å².